The Morgan fingerprint density at radius 2 is 1.63 bits per heavy atom. The van der Waals surface area contributed by atoms with E-state index in [1.807, 2.05) is 54.6 Å². The third-order valence-corrected chi connectivity index (χ3v) is 5.52. The number of carbonyl (C=O) groups excluding carboxylic acids is 4. The number of methoxy groups -OCH3 is 1. The Morgan fingerprint density at radius 1 is 1.00 bits per heavy atom. The van der Waals surface area contributed by atoms with Gasteiger partial charge in [0, 0.05) is 0 Å². The minimum absolute atomic E-state index is 0.157. The molecule has 0 radical (unpaired) electrons. The summed E-state index contributed by atoms with van der Waals surface area (Å²) in [4.78, 5) is 50.2. The Kier molecular flexibility index (Phi) is 12.4. The van der Waals surface area contributed by atoms with Crippen molar-refractivity contribution in [3.05, 3.63) is 65.7 Å². The van der Waals surface area contributed by atoms with Crippen molar-refractivity contribution in [2.75, 3.05) is 40.9 Å². The van der Waals surface area contributed by atoms with Crippen LogP contribution in [0.1, 0.15) is 18.1 Å². The van der Waals surface area contributed by atoms with Crippen LogP contribution >= 0.6 is 0 Å². The van der Waals surface area contributed by atoms with E-state index in [4.69, 9.17) is 9.47 Å². The van der Waals surface area contributed by atoms with E-state index in [2.05, 4.69) is 22.9 Å². The molecule has 2 aromatic rings. The number of carbonyl (C=O) groups is 4. The molecule has 3 rings (SSSR count). The van der Waals surface area contributed by atoms with Crippen LogP contribution in [0.5, 0.6) is 5.75 Å². The van der Waals surface area contributed by atoms with Crippen molar-refractivity contribution in [2.24, 2.45) is 0 Å². The second kappa shape index (κ2) is 15.5. The lowest BCUT2D eigenvalue weighted by Gasteiger charge is -2.18. The van der Waals surface area contributed by atoms with E-state index in [1.165, 1.54) is 12.5 Å². The molecule has 0 spiro atoms. The number of hydrogen-bond donors (Lipinski definition) is 3. The highest BCUT2D eigenvalue weighted by Gasteiger charge is 2.37. The number of aryl methyl sites for hydroxylation is 1. The van der Waals surface area contributed by atoms with Gasteiger partial charge in [-0.25, -0.2) is 0 Å². The lowest BCUT2D eigenvalue weighted by Crippen LogP contribution is -2.51. The summed E-state index contributed by atoms with van der Waals surface area (Å²) < 4.78 is 10.0. The molecule has 38 heavy (non-hydrogen) atoms. The number of ketones is 1. The molecule has 1 aliphatic rings. The van der Waals surface area contributed by atoms with Crippen molar-refractivity contribution in [3.8, 4) is 5.75 Å². The summed E-state index contributed by atoms with van der Waals surface area (Å²) in [5.41, 5.74) is 2.17. The van der Waals surface area contributed by atoms with Gasteiger partial charge in [0.1, 0.15) is 17.9 Å². The molecule has 10 heteroatoms. The molecule has 1 saturated heterocycles. The Hall–Kier alpha value is -3.76. The molecule has 0 bridgehead atoms. The minimum atomic E-state index is -0.781. The minimum Gasteiger partial charge on any atom is -0.497 e. The number of amides is 3. The van der Waals surface area contributed by atoms with Gasteiger partial charge in [-0.3, -0.25) is 19.2 Å². The molecule has 3 atom stereocenters. The molecule has 3 amide bonds. The highest BCUT2D eigenvalue weighted by atomic mass is 16.6. The maximum atomic E-state index is 12.4. The third kappa shape index (κ3) is 11.5. The standard InChI is InChI=1S/C20H28N4O5.C8H10O/c1-13(22-18(26)11-24(2)3)20(28)21-10-17(25)23-15(19(27)16-12-29-16)9-14-7-5-4-6-8-14;1-7-3-5-8(9-2)6-4-7/h4-8,13,15-16H,9-12H2,1-3H3,(H,21,28)(H,22,26)(H,23,25);3-6H,1-2H3/t13?,15?,16-;/m1./s1. The molecule has 206 valence electrons. The van der Waals surface area contributed by atoms with Crippen LogP contribution in [-0.4, -0.2) is 87.5 Å². The molecule has 3 N–H and O–H groups in total. The van der Waals surface area contributed by atoms with Gasteiger partial charge in [0.05, 0.1) is 32.8 Å². The van der Waals surface area contributed by atoms with Gasteiger partial charge in [0.15, 0.2) is 5.78 Å². The molecule has 2 unspecified atom stereocenters. The molecule has 2 aromatic carbocycles. The number of likely N-dealkylation sites (N-methyl/N-ethyl adjacent to an activating group) is 1. The summed E-state index contributed by atoms with van der Waals surface area (Å²) in [6.45, 7) is 3.81. The first-order chi connectivity index (χ1) is 18.1. The van der Waals surface area contributed by atoms with Gasteiger partial charge in [-0.1, -0.05) is 48.0 Å². The quantitative estimate of drug-likeness (QED) is 0.350. The summed E-state index contributed by atoms with van der Waals surface area (Å²) in [7, 11) is 5.16. The number of epoxide rings is 1. The van der Waals surface area contributed by atoms with Gasteiger partial charge in [-0.05, 0) is 52.1 Å². The molecule has 10 nitrogen and oxygen atoms in total. The van der Waals surface area contributed by atoms with E-state index in [0.717, 1.165) is 11.3 Å². The number of nitrogens with one attached hydrogen (secondary N) is 3. The van der Waals surface area contributed by atoms with Crippen LogP contribution in [0.25, 0.3) is 0 Å². The highest BCUT2D eigenvalue weighted by molar-refractivity contribution is 5.95. The van der Waals surface area contributed by atoms with Crippen molar-refractivity contribution >= 4 is 23.5 Å². The fourth-order valence-corrected chi connectivity index (χ4v) is 3.39. The fraction of sp³-hybridized carbons (Fsp3) is 0.429. The maximum absolute atomic E-state index is 12.4. The summed E-state index contributed by atoms with van der Waals surface area (Å²) in [5.74, 6) is -0.526. The van der Waals surface area contributed by atoms with Crippen LogP contribution in [0.4, 0.5) is 0 Å². The van der Waals surface area contributed by atoms with Gasteiger partial charge in [0.2, 0.25) is 17.7 Å². The normalized spacial score (nSPS) is 15.3. The molecule has 1 heterocycles. The average Bonchev–Trinajstić information content (AvgIpc) is 3.73. The first-order valence-corrected chi connectivity index (χ1v) is 12.4. The van der Waals surface area contributed by atoms with Crippen molar-refractivity contribution in [1.29, 1.82) is 0 Å². The zero-order valence-corrected chi connectivity index (χ0v) is 22.7. The molecule has 0 saturated carbocycles. The van der Waals surface area contributed by atoms with E-state index < -0.39 is 30.0 Å². The van der Waals surface area contributed by atoms with E-state index >= 15 is 0 Å². The SMILES string of the molecule is CC(NC(=O)CN(C)C)C(=O)NCC(=O)NC(Cc1ccccc1)C(=O)[C@H]1CO1.COc1ccc(C)cc1. The van der Waals surface area contributed by atoms with Crippen LogP contribution in [-0.2, 0) is 30.3 Å². The van der Waals surface area contributed by atoms with E-state index in [1.54, 1.807) is 26.1 Å². The largest absolute Gasteiger partial charge is 0.497 e. The zero-order chi connectivity index (χ0) is 28.1. The smallest absolute Gasteiger partial charge is 0.242 e. The van der Waals surface area contributed by atoms with E-state index in [9.17, 15) is 19.2 Å². The lowest BCUT2D eigenvalue weighted by molar-refractivity contribution is -0.131. The predicted molar refractivity (Wildman–Crippen MR) is 144 cm³/mol. The topological polar surface area (TPSA) is 129 Å². The summed E-state index contributed by atoms with van der Waals surface area (Å²) in [5, 5.41) is 7.70. The second-order valence-electron chi connectivity index (χ2n) is 9.30. The number of ether oxygens (including phenoxy) is 2. The number of hydrogen-bond acceptors (Lipinski definition) is 7. The van der Waals surface area contributed by atoms with Gasteiger partial charge in [0.25, 0.3) is 0 Å². The average molecular weight is 527 g/mol. The van der Waals surface area contributed by atoms with Crippen molar-refractivity contribution in [2.45, 2.75) is 38.5 Å². The third-order valence-electron chi connectivity index (χ3n) is 5.52. The summed E-state index contributed by atoms with van der Waals surface area (Å²) >= 11 is 0. The molecule has 1 fully saturated rings. The van der Waals surface area contributed by atoms with Crippen LogP contribution in [0.3, 0.4) is 0 Å². The molecule has 0 aliphatic carbocycles. The van der Waals surface area contributed by atoms with Gasteiger partial charge in [-0.2, -0.15) is 0 Å². The number of rotatable bonds is 12. The molecule has 1 aliphatic heterocycles. The molecular formula is C28H38N4O6. The number of nitrogens with zero attached hydrogens (tertiary/aromatic N) is 1. The van der Waals surface area contributed by atoms with Crippen molar-refractivity contribution in [1.82, 2.24) is 20.9 Å². The monoisotopic (exact) mass is 526 g/mol. The Morgan fingerprint density at radius 3 is 2.18 bits per heavy atom. The van der Waals surface area contributed by atoms with Crippen molar-refractivity contribution < 1.29 is 28.7 Å². The predicted octanol–water partition coefficient (Wildman–Crippen LogP) is 0.868. The fourth-order valence-electron chi connectivity index (χ4n) is 3.39. The Bertz CT molecular complexity index is 1050. The molecule has 0 aromatic heterocycles. The number of benzene rings is 2. The highest BCUT2D eigenvalue weighted by Crippen LogP contribution is 2.15. The van der Waals surface area contributed by atoms with E-state index in [0.29, 0.717) is 13.0 Å². The van der Waals surface area contributed by atoms with Crippen LogP contribution in [0.2, 0.25) is 0 Å². The summed E-state index contributed by atoms with van der Waals surface area (Å²) in [6.07, 6.45) is -0.138. The van der Waals surface area contributed by atoms with Crippen LogP contribution in [0, 0.1) is 6.92 Å². The Balaban J connectivity index is 0.000000474. The number of Topliss-reactive ketones (excluding diaryl/α,β-unsaturated/α-hetero) is 1. The van der Waals surface area contributed by atoms with E-state index in [-0.39, 0.29) is 24.8 Å². The molecular weight excluding hydrogens is 488 g/mol. The van der Waals surface area contributed by atoms with Gasteiger partial charge < -0.3 is 30.3 Å². The van der Waals surface area contributed by atoms with Crippen LogP contribution in [0.15, 0.2) is 54.6 Å². The van der Waals surface area contributed by atoms with Gasteiger partial charge in [-0.15, -0.1) is 0 Å². The first-order valence-electron chi connectivity index (χ1n) is 12.4. The maximum Gasteiger partial charge on any atom is 0.242 e. The zero-order valence-electron chi connectivity index (χ0n) is 22.7. The Labute approximate surface area is 224 Å². The van der Waals surface area contributed by atoms with Gasteiger partial charge >= 0.3 is 0 Å². The summed E-state index contributed by atoms with van der Waals surface area (Å²) in [6, 6.07) is 15.8. The van der Waals surface area contributed by atoms with Crippen LogP contribution < -0.4 is 20.7 Å². The van der Waals surface area contributed by atoms with Crippen molar-refractivity contribution in [3.63, 3.8) is 0 Å². The second-order valence-corrected chi connectivity index (χ2v) is 9.30. The first kappa shape index (κ1) is 30.5. The lowest BCUT2D eigenvalue weighted by atomic mass is 10.0.